The number of ether oxygens (including phenoxy) is 1. The van der Waals surface area contributed by atoms with Crippen molar-refractivity contribution in [3.8, 4) is 0 Å². The smallest absolute Gasteiger partial charge is 0.356 e. The lowest BCUT2D eigenvalue weighted by Gasteiger charge is -2.23. The largest absolute Gasteiger partial charge is 0.476 e. The summed E-state index contributed by atoms with van der Waals surface area (Å²) in [4.78, 5) is 12.0. The lowest BCUT2D eigenvalue weighted by atomic mass is 10.2. The molecule has 2 aromatic rings. The van der Waals surface area contributed by atoms with Crippen LogP contribution in [-0.4, -0.2) is 20.9 Å². The van der Waals surface area contributed by atoms with Crippen LogP contribution in [-0.2, 0) is 17.9 Å². The molecule has 1 atom stereocenters. The first-order valence-corrected chi connectivity index (χ1v) is 6.07. The monoisotopic (exact) mass is 250 g/mol. The zero-order valence-corrected chi connectivity index (χ0v) is 9.68. The van der Waals surface area contributed by atoms with E-state index in [0.717, 1.165) is 10.6 Å². The van der Waals surface area contributed by atoms with Crippen LogP contribution in [0.4, 0.5) is 0 Å². The minimum atomic E-state index is -1.00. The fourth-order valence-corrected chi connectivity index (χ4v) is 2.64. The van der Waals surface area contributed by atoms with Gasteiger partial charge in [-0.3, -0.25) is 4.68 Å². The van der Waals surface area contributed by atoms with Crippen LogP contribution < -0.4 is 0 Å². The molecule has 1 aliphatic rings. The van der Waals surface area contributed by atoms with Crippen LogP contribution in [0.3, 0.4) is 0 Å². The zero-order chi connectivity index (χ0) is 11.8. The SMILES string of the molecule is O=C(O)c1cc2n(n1)C[C@H](c1cccs1)OC2. The van der Waals surface area contributed by atoms with Gasteiger partial charge in [0.1, 0.15) is 6.10 Å². The summed E-state index contributed by atoms with van der Waals surface area (Å²) >= 11 is 1.63. The van der Waals surface area contributed by atoms with Gasteiger partial charge in [0.2, 0.25) is 0 Å². The fraction of sp³-hybridized carbons (Fsp3) is 0.273. The van der Waals surface area contributed by atoms with Crippen LogP contribution in [0.5, 0.6) is 0 Å². The Bertz CT molecular complexity index is 547. The van der Waals surface area contributed by atoms with E-state index in [-0.39, 0.29) is 11.8 Å². The molecule has 88 valence electrons. The second-order valence-electron chi connectivity index (χ2n) is 3.82. The highest BCUT2D eigenvalue weighted by Crippen LogP contribution is 2.29. The maximum absolute atomic E-state index is 10.8. The van der Waals surface area contributed by atoms with Crippen molar-refractivity contribution in [2.24, 2.45) is 0 Å². The highest BCUT2D eigenvalue weighted by Gasteiger charge is 2.24. The summed E-state index contributed by atoms with van der Waals surface area (Å²) in [6, 6.07) is 5.56. The van der Waals surface area contributed by atoms with E-state index in [1.165, 1.54) is 0 Å². The molecule has 6 heteroatoms. The molecule has 0 spiro atoms. The van der Waals surface area contributed by atoms with E-state index >= 15 is 0 Å². The maximum atomic E-state index is 10.8. The third-order valence-corrected chi connectivity index (χ3v) is 3.68. The van der Waals surface area contributed by atoms with Crippen molar-refractivity contribution in [2.75, 3.05) is 0 Å². The Morgan fingerprint density at radius 3 is 3.24 bits per heavy atom. The third-order valence-electron chi connectivity index (χ3n) is 2.71. The van der Waals surface area contributed by atoms with Gasteiger partial charge >= 0.3 is 5.97 Å². The van der Waals surface area contributed by atoms with Gasteiger partial charge in [-0.15, -0.1) is 11.3 Å². The van der Waals surface area contributed by atoms with Crippen molar-refractivity contribution in [3.05, 3.63) is 39.8 Å². The van der Waals surface area contributed by atoms with Gasteiger partial charge in [0, 0.05) is 4.88 Å². The Morgan fingerprint density at radius 1 is 1.65 bits per heavy atom. The van der Waals surface area contributed by atoms with Crippen LogP contribution in [0, 0.1) is 0 Å². The van der Waals surface area contributed by atoms with E-state index in [9.17, 15) is 4.79 Å². The summed E-state index contributed by atoms with van der Waals surface area (Å²) < 4.78 is 7.42. The molecule has 2 aromatic heterocycles. The van der Waals surface area contributed by atoms with Gasteiger partial charge < -0.3 is 9.84 Å². The number of aromatic carboxylic acids is 1. The molecule has 0 aromatic carbocycles. The average molecular weight is 250 g/mol. The zero-order valence-electron chi connectivity index (χ0n) is 8.87. The number of hydrogen-bond acceptors (Lipinski definition) is 4. The fourth-order valence-electron chi connectivity index (χ4n) is 1.88. The topological polar surface area (TPSA) is 64.3 Å². The second-order valence-corrected chi connectivity index (χ2v) is 4.80. The van der Waals surface area contributed by atoms with Gasteiger partial charge in [-0.1, -0.05) is 6.07 Å². The Labute approximate surface area is 101 Å². The average Bonchev–Trinajstić information content (AvgIpc) is 2.97. The standard InChI is InChI=1S/C11H10N2O3S/c14-11(15)8-4-7-6-16-9(5-13(7)12-8)10-2-1-3-17-10/h1-4,9H,5-6H2,(H,14,15)/t9-/m1/s1. The number of hydrogen-bond donors (Lipinski definition) is 1. The van der Waals surface area contributed by atoms with E-state index in [2.05, 4.69) is 5.10 Å². The van der Waals surface area contributed by atoms with Crippen molar-refractivity contribution in [1.29, 1.82) is 0 Å². The van der Waals surface area contributed by atoms with Crippen molar-refractivity contribution in [2.45, 2.75) is 19.3 Å². The number of thiophene rings is 1. The molecular weight excluding hydrogens is 240 g/mol. The van der Waals surface area contributed by atoms with E-state index in [4.69, 9.17) is 9.84 Å². The molecule has 0 aliphatic carbocycles. The molecule has 0 fully saturated rings. The third kappa shape index (κ3) is 1.85. The van der Waals surface area contributed by atoms with E-state index in [0.29, 0.717) is 13.2 Å². The van der Waals surface area contributed by atoms with Gasteiger partial charge in [-0.25, -0.2) is 4.79 Å². The molecule has 0 unspecified atom stereocenters. The second kappa shape index (κ2) is 3.97. The number of carboxylic acids is 1. The summed E-state index contributed by atoms with van der Waals surface area (Å²) in [6.45, 7) is 0.978. The van der Waals surface area contributed by atoms with Gasteiger partial charge in [0.25, 0.3) is 0 Å². The van der Waals surface area contributed by atoms with Gasteiger partial charge in [0.15, 0.2) is 5.69 Å². The Hall–Kier alpha value is -1.66. The normalized spacial score (nSPS) is 18.9. The molecule has 3 rings (SSSR count). The summed E-state index contributed by atoms with van der Waals surface area (Å²) in [7, 11) is 0. The molecule has 0 amide bonds. The van der Waals surface area contributed by atoms with Crippen LogP contribution >= 0.6 is 11.3 Å². The minimum absolute atomic E-state index is 0.0240. The summed E-state index contributed by atoms with van der Waals surface area (Å²) in [5.74, 6) is -1.00. The molecule has 0 bridgehead atoms. The molecule has 17 heavy (non-hydrogen) atoms. The highest BCUT2D eigenvalue weighted by molar-refractivity contribution is 7.10. The Morgan fingerprint density at radius 2 is 2.53 bits per heavy atom. The molecule has 0 radical (unpaired) electrons. The molecule has 0 saturated heterocycles. The first kappa shape index (κ1) is 10.5. The van der Waals surface area contributed by atoms with Crippen molar-refractivity contribution < 1.29 is 14.6 Å². The first-order valence-electron chi connectivity index (χ1n) is 5.19. The number of carbonyl (C=O) groups is 1. The highest BCUT2D eigenvalue weighted by atomic mass is 32.1. The van der Waals surface area contributed by atoms with Crippen LogP contribution in [0.1, 0.15) is 27.2 Å². The van der Waals surface area contributed by atoms with E-state index in [1.807, 2.05) is 17.5 Å². The first-order chi connectivity index (χ1) is 8.24. The number of fused-ring (bicyclic) bond motifs is 1. The van der Waals surface area contributed by atoms with Crippen molar-refractivity contribution >= 4 is 17.3 Å². The lowest BCUT2D eigenvalue weighted by Crippen LogP contribution is -2.21. The summed E-state index contributed by atoms with van der Waals surface area (Å²) in [6.07, 6.45) is -0.0240. The van der Waals surface area contributed by atoms with Crippen LogP contribution in [0.2, 0.25) is 0 Å². The Kier molecular flexibility index (Phi) is 2.45. The predicted octanol–water partition coefficient (Wildman–Crippen LogP) is 1.91. The number of carboxylic acid groups (broad SMARTS) is 1. The Balaban J connectivity index is 1.88. The molecule has 3 heterocycles. The molecular formula is C11H10N2O3S. The van der Waals surface area contributed by atoms with Gasteiger partial charge in [0.05, 0.1) is 18.8 Å². The van der Waals surface area contributed by atoms with Crippen molar-refractivity contribution in [1.82, 2.24) is 9.78 Å². The van der Waals surface area contributed by atoms with Crippen LogP contribution in [0.15, 0.2) is 23.6 Å². The van der Waals surface area contributed by atoms with Gasteiger partial charge in [-0.2, -0.15) is 5.10 Å². The van der Waals surface area contributed by atoms with E-state index < -0.39 is 5.97 Å². The number of nitrogens with zero attached hydrogens (tertiary/aromatic N) is 2. The minimum Gasteiger partial charge on any atom is -0.476 e. The summed E-state index contributed by atoms with van der Waals surface area (Å²) in [5, 5.41) is 14.9. The quantitative estimate of drug-likeness (QED) is 0.884. The lowest BCUT2D eigenvalue weighted by molar-refractivity contribution is 0.000952. The maximum Gasteiger partial charge on any atom is 0.356 e. The molecule has 1 N–H and O–H groups in total. The van der Waals surface area contributed by atoms with Gasteiger partial charge in [-0.05, 0) is 17.5 Å². The summed E-state index contributed by atoms with van der Waals surface area (Å²) in [5.41, 5.74) is 0.894. The number of rotatable bonds is 2. The van der Waals surface area contributed by atoms with E-state index in [1.54, 1.807) is 22.1 Å². The molecule has 0 saturated carbocycles. The molecule has 5 nitrogen and oxygen atoms in total. The number of aromatic nitrogens is 2. The predicted molar refractivity (Wildman–Crippen MR) is 61.0 cm³/mol. The van der Waals surface area contributed by atoms with Crippen LogP contribution in [0.25, 0.3) is 0 Å². The molecule has 1 aliphatic heterocycles. The van der Waals surface area contributed by atoms with Crippen molar-refractivity contribution in [3.63, 3.8) is 0 Å².